The number of ether oxygens (including phenoxy) is 1. The second kappa shape index (κ2) is 6.49. The number of nitrogens with zero attached hydrogens (tertiary/aromatic N) is 3. The van der Waals surface area contributed by atoms with Crippen molar-refractivity contribution in [3.8, 4) is 0 Å². The monoisotopic (exact) mass is 328 g/mol. The Bertz CT molecular complexity index is 878. The number of esters is 1. The van der Waals surface area contributed by atoms with Crippen molar-refractivity contribution in [2.45, 2.75) is 6.42 Å². The van der Waals surface area contributed by atoms with Gasteiger partial charge in [0.1, 0.15) is 5.69 Å². The summed E-state index contributed by atoms with van der Waals surface area (Å²) in [6.07, 6.45) is 1.49. The normalized spacial score (nSPS) is 10.5. The van der Waals surface area contributed by atoms with Crippen LogP contribution < -0.4 is 5.32 Å². The van der Waals surface area contributed by atoms with Crippen molar-refractivity contribution in [1.29, 1.82) is 0 Å². The first-order valence-electron chi connectivity index (χ1n) is 6.70. The summed E-state index contributed by atoms with van der Waals surface area (Å²) in [5.41, 5.74) is 2.11. The van der Waals surface area contributed by atoms with Gasteiger partial charge in [-0.15, -0.1) is 11.3 Å². The van der Waals surface area contributed by atoms with E-state index in [1.54, 1.807) is 11.4 Å². The van der Waals surface area contributed by atoms with E-state index in [2.05, 4.69) is 25.0 Å². The van der Waals surface area contributed by atoms with Gasteiger partial charge in [0.2, 0.25) is 0 Å². The number of benzene rings is 1. The van der Waals surface area contributed by atoms with Gasteiger partial charge in [-0.25, -0.2) is 9.97 Å². The fourth-order valence-electron chi connectivity index (χ4n) is 1.89. The van der Waals surface area contributed by atoms with Crippen molar-refractivity contribution >= 4 is 39.4 Å². The Morgan fingerprint density at radius 3 is 2.78 bits per heavy atom. The van der Waals surface area contributed by atoms with Crippen LogP contribution in [0.15, 0.2) is 35.8 Å². The number of fused-ring (bicyclic) bond motifs is 1. The molecule has 0 fully saturated rings. The van der Waals surface area contributed by atoms with Gasteiger partial charge in [0, 0.05) is 5.38 Å². The van der Waals surface area contributed by atoms with Crippen LogP contribution in [0.5, 0.6) is 0 Å². The average Bonchev–Trinajstić information content (AvgIpc) is 3.01. The summed E-state index contributed by atoms with van der Waals surface area (Å²) < 4.78 is 4.57. The van der Waals surface area contributed by atoms with Gasteiger partial charge in [-0.1, -0.05) is 12.1 Å². The predicted octanol–water partition coefficient (Wildman–Crippen LogP) is 2.05. The van der Waals surface area contributed by atoms with Crippen molar-refractivity contribution in [3.63, 3.8) is 0 Å². The molecule has 0 saturated heterocycles. The Kier molecular flexibility index (Phi) is 4.24. The van der Waals surface area contributed by atoms with Crippen LogP contribution in [0, 0.1) is 0 Å². The van der Waals surface area contributed by atoms with Crippen molar-refractivity contribution in [2.75, 3.05) is 12.4 Å². The molecule has 0 bridgehead atoms. The molecule has 0 atom stereocenters. The average molecular weight is 328 g/mol. The lowest BCUT2D eigenvalue weighted by Gasteiger charge is -2.02. The minimum atomic E-state index is -0.401. The largest absolute Gasteiger partial charge is 0.469 e. The quantitative estimate of drug-likeness (QED) is 0.737. The summed E-state index contributed by atoms with van der Waals surface area (Å²) in [4.78, 5) is 36.0. The standard InChI is InChI=1S/C15H12N4O3S/c1-22-13(20)6-9-8-23-15(17-9)19-14(21)12-7-16-10-4-2-3-5-11(10)18-12/h2-5,7-8H,6H2,1H3,(H,17,19,21). The van der Waals surface area contributed by atoms with Crippen LogP contribution in [-0.4, -0.2) is 33.9 Å². The molecule has 23 heavy (non-hydrogen) atoms. The maximum Gasteiger partial charge on any atom is 0.311 e. The molecule has 3 aromatic rings. The van der Waals surface area contributed by atoms with E-state index in [0.29, 0.717) is 16.3 Å². The van der Waals surface area contributed by atoms with Crippen molar-refractivity contribution in [3.05, 3.63) is 47.2 Å². The van der Waals surface area contributed by atoms with E-state index in [0.717, 1.165) is 5.52 Å². The third-order valence-electron chi connectivity index (χ3n) is 3.01. The molecule has 1 amide bonds. The number of aromatic nitrogens is 3. The highest BCUT2D eigenvalue weighted by Gasteiger charge is 2.13. The van der Waals surface area contributed by atoms with Gasteiger partial charge in [-0.3, -0.25) is 19.9 Å². The molecular weight excluding hydrogens is 316 g/mol. The lowest BCUT2D eigenvalue weighted by molar-refractivity contribution is -0.139. The number of nitrogens with one attached hydrogen (secondary N) is 1. The molecule has 8 heteroatoms. The molecule has 1 N–H and O–H groups in total. The Hall–Kier alpha value is -2.87. The molecule has 116 valence electrons. The van der Waals surface area contributed by atoms with Gasteiger partial charge < -0.3 is 4.74 Å². The topological polar surface area (TPSA) is 94.1 Å². The third kappa shape index (κ3) is 3.49. The van der Waals surface area contributed by atoms with Crippen LogP contribution in [0.1, 0.15) is 16.2 Å². The second-order valence-corrected chi connectivity index (χ2v) is 5.45. The Morgan fingerprint density at radius 2 is 2.00 bits per heavy atom. The van der Waals surface area contributed by atoms with Gasteiger partial charge in [-0.05, 0) is 12.1 Å². The molecule has 0 radical (unpaired) electrons. The number of amides is 1. The Balaban J connectivity index is 1.74. The van der Waals surface area contributed by atoms with E-state index in [-0.39, 0.29) is 18.1 Å². The van der Waals surface area contributed by atoms with E-state index in [4.69, 9.17) is 0 Å². The lowest BCUT2D eigenvalue weighted by atomic mass is 10.3. The lowest BCUT2D eigenvalue weighted by Crippen LogP contribution is -2.14. The molecular formula is C15H12N4O3S. The molecule has 0 saturated carbocycles. The van der Waals surface area contributed by atoms with E-state index in [1.165, 1.54) is 24.6 Å². The first-order chi connectivity index (χ1) is 11.2. The van der Waals surface area contributed by atoms with Crippen LogP contribution in [0.25, 0.3) is 11.0 Å². The van der Waals surface area contributed by atoms with Crippen LogP contribution in [0.3, 0.4) is 0 Å². The zero-order valence-electron chi connectivity index (χ0n) is 12.1. The smallest absolute Gasteiger partial charge is 0.311 e. The predicted molar refractivity (Wildman–Crippen MR) is 85.3 cm³/mol. The number of hydrogen-bond donors (Lipinski definition) is 1. The molecule has 0 unspecified atom stereocenters. The van der Waals surface area contributed by atoms with Gasteiger partial charge >= 0.3 is 5.97 Å². The molecule has 2 aromatic heterocycles. The maximum absolute atomic E-state index is 12.2. The molecule has 0 aliphatic carbocycles. The van der Waals surface area contributed by atoms with E-state index in [1.807, 2.05) is 18.2 Å². The molecule has 1 aromatic carbocycles. The van der Waals surface area contributed by atoms with E-state index < -0.39 is 5.91 Å². The summed E-state index contributed by atoms with van der Waals surface area (Å²) in [5, 5.41) is 4.73. The number of para-hydroxylation sites is 2. The maximum atomic E-state index is 12.2. The SMILES string of the molecule is COC(=O)Cc1csc(NC(=O)c2cnc3ccccc3n2)n1. The van der Waals surface area contributed by atoms with Crippen molar-refractivity contribution in [1.82, 2.24) is 15.0 Å². The molecule has 0 aliphatic heterocycles. The van der Waals surface area contributed by atoms with E-state index in [9.17, 15) is 9.59 Å². The highest BCUT2D eigenvalue weighted by atomic mass is 32.1. The fraction of sp³-hybridized carbons (Fsp3) is 0.133. The minimum absolute atomic E-state index is 0.0681. The van der Waals surface area contributed by atoms with Crippen LogP contribution in [0.2, 0.25) is 0 Å². The number of rotatable bonds is 4. The summed E-state index contributed by atoms with van der Waals surface area (Å²) in [5.74, 6) is -0.782. The van der Waals surface area contributed by atoms with Crippen molar-refractivity contribution < 1.29 is 14.3 Å². The number of anilines is 1. The highest BCUT2D eigenvalue weighted by molar-refractivity contribution is 7.14. The van der Waals surface area contributed by atoms with Gasteiger partial charge in [-0.2, -0.15) is 0 Å². The first kappa shape index (κ1) is 15.0. The zero-order valence-corrected chi connectivity index (χ0v) is 13.0. The number of carbonyl (C=O) groups excluding carboxylic acids is 2. The van der Waals surface area contributed by atoms with Gasteiger partial charge in [0.15, 0.2) is 5.13 Å². The van der Waals surface area contributed by atoms with Crippen molar-refractivity contribution in [2.24, 2.45) is 0 Å². The number of thiazole rings is 1. The Morgan fingerprint density at radius 1 is 1.22 bits per heavy atom. The highest BCUT2D eigenvalue weighted by Crippen LogP contribution is 2.17. The summed E-state index contributed by atoms with van der Waals surface area (Å²) in [7, 11) is 1.32. The van der Waals surface area contributed by atoms with Gasteiger partial charge in [0.05, 0.1) is 36.5 Å². The van der Waals surface area contributed by atoms with Crippen LogP contribution in [-0.2, 0) is 16.0 Å². The summed E-state index contributed by atoms with van der Waals surface area (Å²) in [6, 6.07) is 7.30. The number of methoxy groups -OCH3 is 1. The van der Waals surface area contributed by atoms with Crippen LogP contribution in [0.4, 0.5) is 5.13 Å². The molecule has 7 nitrogen and oxygen atoms in total. The van der Waals surface area contributed by atoms with Crippen LogP contribution >= 0.6 is 11.3 Å². The van der Waals surface area contributed by atoms with E-state index >= 15 is 0 Å². The molecule has 0 spiro atoms. The minimum Gasteiger partial charge on any atom is -0.469 e. The fourth-order valence-corrected chi connectivity index (χ4v) is 2.60. The summed E-state index contributed by atoms with van der Waals surface area (Å²) in [6.45, 7) is 0. The number of hydrogen-bond acceptors (Lipinski definition) is 7. The number of carbonyl (C=O) groups is 2. The van der Waals surface area contributed by atoms with Gasteiger partial charge in [0.25, 0.3) is 5.91 Å². The zero-order chi connectivity index (χ0) is 16.2. The molecule has 0 aliphatic rings. The molecule has 2 heterocycles. The second-order valence-electron chi connectivity index (χ2n) is 4.59. The summed E-state index contributed by atoms with van der Waals surface area (Å²) >= 11 is 1.23. The molecule has 3 rings (SSSR count). The Labute approximate surface area is 135 Å². The third-order valence-corrected chi connectivity index (χ3v) is 3.81. The first-order valence-corrected chi connectivity index (χ1v) is 7.58.